The van der Waals surface area contributed by atoms with E-state index >= 15 is 0 Å². The molecule has 1 atom stereocenters. The van der Waals surface area contributed by atoms with E-state index in [-0.39, 0.29) is 45.9 Å². The molecular weight excluding hydrogens is 550 g/mol. The highest BCUT2D eigenvalue weighted by Crippen LogP contribution is 2.33. The number of anilines is 1. The normalized spacial score (nSPS) is 11.6. The van der Waals surface area contributed by atoms with Crippen molar-refractivity contribution in [1.29, 1.82) is 0 Å². The van der Waals surface area contributed by atoms with Gasteiger partial charge in [0.2, 0.25) is 0 Å². The Kier molecular flexibility index (Phi) is 8.94. The van der Waals surface area contributed by atoms with Crippen LogP contribution in [0.4, 0.5) is 14.6 Å². The first-order valence-electron chi connectivity index (χ1n) is 11.7. The zero-order valence-electron chi connectivity index (χ0n) is 20.7. The Balaban J connectivity index is 1.65. The molecule has 0 saturated heterocycles. The molecule has 208 valence electrons. The number of amides is 1. The number of halogens is 3. The minimum atomic E-state index is -1.26. The van der Waals surface area contributed by atoms with E-state index in [1.54, 1.807) is 0 Å². The van der Waals surface area contributed by atoms with Crippen molar-refractivity contribution in [3.63, 3.8) is 0 Å². The zero-order chi connectivity index (χ0) is 28.8. The first-order chi connectivity index (χ1) is 19.2. The lowest BCUT2D eigenvalue weighted by Crippen LogP contribution is -2.28. The fourth-order valence-corrected chi connectivity index (χ4v) is 3.64. The van der Waals surface area contributed by atoms with Crippen LogP contribution in [0.15, 0.2) is 71.8 Å². The molecule has 1 amide bonds. The summed E-state index contributed by atoms with van der Waals surface area (Å²) in [5.41, 5.74) is 5.52. The van der Waals surface area contributed by atoms with Crippen LogP contribution < -0.4 is 26.1 Å². The number of hydrogen-bond donors (Lipinski definition) is 4. The van der Waals surface area contributed by atoms with Crippen LogP contribution in [0.25, 0.3) is 5.69 Å². The van der Waals surface area contributed by atoms with Gasteiger partial charge in [0.1, 0.15) is 35.1 Å². The molecule has 4 rings (SSSR count). The predicted octanol–water partition coefficient (Wildman–Crippen LogP) is 3.20. The smallest absolute Gasteiger partial charge is 0.258 e. The van der Waals surface area contributed by atoms with Crippen molar-refractivity contribution in [2.75, 3.05) is 18.9 Å². The summed E-state index contributed by atoms with van der Waals surface area (Å²) in [6, 6.07) is 11.5. The Morgan fingerprint density at radius 2 is 1.85 bits per heavy atom. The topological polar surface area (TPSA) is 149 Å². The first kappa shape index (κ1) is 28.5. The van der Waals surface area contributed by atoms with E-state index in [1.807, 2.05) is 0 Å². The molecule has 0 aliphatic rings. The summed E-state index contributed by atoms with van der Waals surface area (Å²) in [5, 5.41) is 21.4. The number of aromatic nitrogens is 2. The molecule has 1 unspecified atom stereocenters. The van der Waals surface area contributed by atoms with Gasteiger partial charge in [-0.15, -0.1) is 0 Å². The van der Waals surface area contributed by atoms with E-state index in [2.05, 4.69) is 10.3 Å². The largest absolute Gasteiger partial charge is 0.490 e. The lowest BCUT2D eigenvalue weighted by molar-refractivity contribution is 0.0529. The molecule has 4 aromatic rings. The van der Waals surface area contributed by atoms with Gasteiger partial charge in [-0.25, -0.2) is 13.8 Å². The number of aliphatic hydroxyl groups is 2. The Labute approximate surface area is 231 Å². The minimum absolute atomic E-state index is 0.000364. The average Bonchev–Trinajstić information content (AvgIpc) is 2.94. The molecule has 0 bridgehead atoms. The van der Waals surface area contributed by atoms with Gasteiger partial charge >= 0.3 is 0 Å². The van der Waals surface area contributed by atoms with Gasteiger partial charge < -0.3 is 30.7 Å². The quantitative estimate of drug-likeness (QED) is 0.226. The molecule has 40 heavy (non-hydrogen) atoms. The van der Waals surface area contributed by atoms with E-state index in [4.69, 9.17) is 31.9 Å². The lowest BCUT2D eigenvalue weighted by Gasteiger charge is -2.16. The van der Waals surface area contributed by atoms with E-state index in [0.29, 0.717) is 5.56 Å². The molecule has 0 saturated carbocycles. The highest BCUT2D eigenvalue weighted by molar-refractivity contribution is 6.34. The van der Waals surface area contributed by atoms with E-state index in [0.717, 1.165) is 22.9 Å². The Bertz CT molecular complexity index is 1580. The van der Waals surface area contributed by atoms with Gasteiger partial charge in [0.15, 0.2) is 17.3 Å². The molecule has 5 N–H and O–H groups in total. The van der Waals surface area contributed by atoms with Crippen LogP contribution in [0.3, 0.4) is 0 Å². The Morgan fingerprint density at radius 3 is 2.55 bits per heavy atom. The number of nitrogen functional groups attached to an aromatic ring is 1. The molecule has 0 fully saturated rings. The van der Waals surface area contributed by atoms with Crippen LogP contribution >= 0.6 is 11.6 Å². The summed E-state index contributed by atoms with van der Waals surface area (Å²) in [4.78, 5) is 29.8. The van der Waals surface area contributed by atoms with Crippen molar-refractivity contribution < 1.29 is 33.3 Å². The fourth-order valence-electron chi connectivity index (χ4n) is 3.49. The Hall–Kier alpha value is -4.52. The number of nitrogens with two attached hydrogens (primary N) is 1. The molecule has 0 radical (unpaired) electrons. The molecule has 10 nitrogen and oxygen atoms in total. The van der Waals surface area contributed by atoms with Gasteiger partial charge in [-0.05, 0) is 29.8 Å². The van der Waals surface area contributed by atoms with Crippen molar-refractivity contribution >= 4 is 23.3 Å². The molecule has 2 heterocycles. The van der Waals surface area contributed by atoms with Gasteiger partial charge in [0.25, 0.3) is 11.5 Å². The summed E-state index contributed by atoms with van der Waals surface area (Å²) >= 11 is 6.06. The number of hydrogen-bond acceptors (Lipinski definition) is 8. The van der Waals surface area contributed by atoms with E-state index < -0.39 is 42.4 Å². The van der Waals surface area contributed by atoms with Gasteiger partial charge in [-0.2, -0.15) is 0 Å². The SMILES string of the molecule is Nc1nccc(Oc2ccc(-n3cc(C(=O)NCc4ccc(F)cc4)c(OCC(O)CO)cc3=O)cc2F)c1Cl. The second-order valence-electron chi connectivity index (χ2n) is 8.44. The molecule has 0 spiro atoms. The molecule has 2 aromatic heterocycles. The number of carbonyl (C=O) groups excluding carboxylic acids is 1. The van der Waals surface area contributed by atoms with Gasteiger partial charge in [0.05, 0.1) is 17.9 Å². The van der Waals surface area contributed by atoms with Crippen molar-refractivity contribution in [1.82, 2.24) is 14.9 Å². The molecule has 2 aromatic carbocycles. The van der Waals surface area contributed by atoms with Gasteiger partial charge in [0, 0.05) is 37.1 Å². The number of pyridine rings is 2. The van der Waals surface area contributed by atoms with Crippen LogP contribution in [-0.2, 0) is 6.54 Å². The van der Waals surface area contributed by atoms with E-state index in [9.17, 15) is 23.5 Å². The van der Waals surface area contributed by atoms with Crippen molar-refractivity contribution in [3.8, 4) is 22.9 Å². The van der Waals surface area contributed by atoms with Crippen LogP contribution in [0.2, 0.25) is 5.02 Å². The minimum Gasteiger partial charge on any atom is -0.490 e. The second-order valence-corrected chi connectivity index (χ2v) is 8.82. The van der Waals surface area contributed by atoms with Crippen LogP contribution in [-0.4, -0.2) is 45.0 Å². The first-order valence-corrected chi connectivity index (χ1v) is 12.1. The van der Waals surface area contributed by atoms with Crippen LogP contribution in [0, 0.1) is 11.6 Å². The second kappa shape index (κ2) is 12.6. The average molecular weight is 573 g/mol. The summed E-state index contributed by atoms with van der Waals surface area (Å²) < 4.78 is 40.1. The number of aliphatic hydroxyl groups excluding tert-OH is 2. The third-order valence-electron chi connectivity index (χ3n) is 5.56. The molecular formula is C27H23ClF2N4O6. The Morgan fingerprint density at radius 1 is 1.10 bits per heavy atom. The lowest BCUT2D eigenvalue weighted by atomic mass is 10.2. The molecule has 0 aliphatic carbocycles. The highest BCUT2D eigenvalue weighted by atomic mass is 35.5. The van der Waals surface area contributed by atoms with Crippen LogP contribution in [0.1, 0.15) is 15.9 Å². The third kappa shape index (κ3) is 6.72. The maximum absolute atomic E-state index is 15.0. The molecule has 13 heteroatoms. The number of nitrogens with one attached hydrogen (secondary N) is 1. The maximum atomic E-state index is 15.0. The summed E-state index contributed by atoms with van der Waals surface area (Å²) in [6.07, 6.45) is 1.23. The summed E-state index contributed by atoms with van der Waals surface area (Å²) in [7, 11) is 0. The number of rotatable bonds is 10. The number of benzene rings is 2. The maximum Gasteiger partial charge on any atom is 0.258 e. The predicted molar refractivity (Wildman–Crippen MR) is 142 cm³/mol. The fraction of sp³-hybridized carbons (Fsp3) is 0.148. The highest BCUT2D eigenvalue weighted by Gasteiger charge is 2.19. The van der Waals surface area contributed by atoms with E-state index in [1.165, 1.54) is 48.7 Å². The van der Waals surface area contributed by atoms with Crippen molar-refractivity contribution in [3.05, 3.63) is 105 Å². The monoisotopic (exact) mass is 572 g/mol. The number of ether oxygens (including phenoxy) is 2. The van der Waals surface area contributed by atoms with Crippen molar-refractivity contribution in [2.24, 2.45) is 0 Å². The summed E-state index contributed by atoms with van der Waals surface area (Å²) in [6.45, 7) is -0.977. The summed E-state index contributed by atoms with van der Waals surface area (Å²) in [5.74, 6) is -2.25. The van der Waals surface area contributed by atoms with Gasteiger partial charge in [-0.3, -0.25) is 14.2 Å². The number of nitrogens with zero attached hydrogens (tertiary/aromatic N) is 2. The third-order valence-corrected chi connectivity index (χ3v) is 5.94. The zero-order valence-corrected chi connectivity index (χ0v) is 21.4. The number of carbonyl (C=O) groups is 1. The van der Waals surface area contributed by atoms with Crippen LogP contribution in [0.5, 0.6) is 17.2 Å². The standard InChI is InChI=1S/C27H23ClF2N4O6/c28-25-22(7-8-32-26(25)31)40-21-6-5-17(9-20(21)30)34-12-19(23(10-24(34)37)39-14-18(36)13-35)27(38)33-11-15-1-3-16(29)4-2-15/h1-10,12,18,35-36H,11,13-14H2,(H2,31,32)(H,33,38). The molecule has 0 aliphatic heterocycles. The van der Waals surface area contributed by atoms with Crippen molar-refractivity contribution in [2.45, 2.75) is 12.6 Å². The van der Waals surface area contributed by atoms with Gasteiger partial charge in [-0.1, -0.05) is 23.7 Å².